The Morgan fingerprint density at radius 3 is 1.86 bits per heavy atom. The fourth-order valence-electron chi connectivity index (χ4n) is 5.79. The van der Waals surface area contributed by atoms with Crippen LogP contribution in [0.1, 0.15) is 84.7 Å². The molecule has 1 N–H and O–H groups in total. The monoisotopic (exact) mass is 568 g/mol. The van der Waals surface area contributed by atoms with Gasteiger partial charge in [0.25, 0.3) is 0 Å². The molecular weight excluding hydrogens is 524 g/mol. The van der Waals surface area contributed by atoms with Gasteiger partial charge in [-0.05, 0) is 107 Å². The molecule has 6 aromatic rings. The number of H-pyrrole nitrogens is 1. The number of hydrogen-bond acceptors (Lipinski definition) is 2. The number of aryl methyl sites for hydroxylation is 1. The summed E-state index contributed by atoms with van der Waals surface area (Å²) in [4.78, 5) is 13.8. The van der Waals surface area contributed by atoms with Gasteiger partial charge in [-0.1, -0.05) is 68.4 Å². The molecule has 6 rings (SSSR count). The van der Waals surface area contributed by atoms with Crippen LogP contribution in [0.25, 0.3) is 50.3 Å². The molecule has 0 aliphatic carbocycles. The van der Waals surface area contributed by atoms with E-state index >= 15 is 0 Å². The van der Waals surface area contributed by atoms with Crippen molar-refractivity contribution in [2.45, 2.75) is 85.5 Å². The summed E-state index contributed by atoms with van der Waals surface area (Å²) in [6, 6.07) is 26.8. The number of nitrogens with one attached hydrogen (secondary N) is 1. The summed E-state index contributed by atoms with van der Waals surface area (Å²) in [6.45, 7) is 22.4. The van der Waals surface area contributed by atoms with E-state index in [9.17, 15) is 0 Å². The molecule has 0 aliphatic heterocycles. The van der Waals surface area contributed by atoms with Gasteiger partial charge < -0.3 is 4.98 Å². The summed E-state index contributed by atoms with van der Waals surface area (Å²) in [7, 11) is 0. The zero-order chi connectivity index (χ0) is 30.9. The second kappa shape index (κ2) is 9.94. The molecule has 0 saturated heterocycles. The Morgan fingerprint density at radius 1 is 0.581 bits per heavy atom. The van der Waals surface area contributed by atoms with Gasteiger partial charge in [0.2, 0.25) is 0 Å². The van der Waals surface area contributed by atoms with Crippen molar-refractivity contribution < 1.29 is 0 Å². The van der Waals surface area contributed by atoms with Gasteiger partial charge in [-0.2, -0.15) is 0 Å². The van der Waals surface area contributed by atoms with E-state index in [2.05, 4.69) is 152 Å². The van der Waals surface area contributed by atoms with Crippen molar-refractivity contribution in [1.82, 2.24) is 19.5 Å². The average molecular weight is 569 g/mol. The fraction of sp³-hybridized carbons (Fsp3) is 0.333. The molecule has 0 bridgehead atoms. The molecule has 4 heterocycles. The van der Waals surface area contributed by atoms with Gasteiger partial charge >= 0.3 is 0 Å². The Hall–Kier alpha value is -4.18. The number of pyridine rings is 2. The van der Waals surface area contributed by atoms with Crippen molar-refractivity contribution in [2.75, 3.05) is 0 Å². The summed E-state index contributed by atoms with van der Waals surface area (Å²) < 4.78 is 2.27. The molecule has 0 amide bonds. The predicted octanol–water partition coefficient (Wildman–Crippen LogP) is 10.4. The van der Waals surface area contributed by atoms with Gasteiger partial charge in [-0.3, -0.25) is 9.55 Å². The summed E-state index contributed by atoms with van der Waals surface area (Å²) in [6.07, 6.45) is 1.94. The zero-order valence-corrected chi connectivity index (χ0v) is 27.3. The van der Waals surface area contributed by atoms with Crippen molar-refractivity contribution in [2.24, 2.45) is 0 Å². The van der Waals surface area contributed by atoms with Gasteiger partial charge in [-0.25, -0.2) is 4.98 Å². The van der Waals surface area contributed by atoms with Gasteiger partial charge in [-0.15, -0.1) is 0 Å². The lowest BCUT2D eigenvalue weighted by Crippen LogP contribution is -2.12. The molecule has 43 heavy (non-hydrogen) atoms. The molecule has 0 atom stereocenters. The normalized spacial score (nSPS) is 12.9. The van der Waals surface area contributed by atoms with Crippen LogP contribution < -0.4 is 0 Å². The maximum Gasteiger partial charge on any atom is 0.147 e. The van der Waals surface area contributed by atoms with E-state index < -0.39 is 0 Å². The van der Waals surface area contributed by atoms with E-state index in [1.54, 1.807) is 0 Å². The molecule has 0 unspecified atom stereocenters. The summed E-state index contributed by atoms with van der Waals surface area (Å²) in [5, 5.41) is 2.38. The van der Waals surface area contributed by atoms with Gasteiger partial charge in [0.15, 0.2) is 0 Å². The maximum atomic E-state index is 5.40. The number of nitrogens with zero attached hydrogens (tertiary/aromatic N) is 3. The third kappa shape index (κ3) is 5.40. The van der Waals surface area contributed by atoms with Gasteiger partial charge in [0.05, 0.1) is 16.9 Å². The molecule has 0 radical (unpaired) electrons. The van der Waals surface area contributed by atoms with E-state index in [-0.39, 0.29) is 16.2 Å². The molecular formula is C39H44N4. The number of fused-ring (bicyclic) bond motifs is 3. The first-order chi connectivity index (χ1) is 20.1. The molecule has 0 aliphatic rings. The van der Waals surface area contributed by atoms with Crippen molar-refractivity contribution >= 4 is 21.9 Å². The Balaban J connectivity index is 1.60. The van der Waals surface area contributed by atoms with Crippen LogP contribution in [0.3, 0.4) is 0 Å². The largest absolute Gasteiger partial charge is 0.345 e. The first kappa shape index (κ1) is 28.9. The molecule has 0 fully saturated rings. The van der Waals surface area contributed by atoms with Crippen LogP contribution in [-0.2, 0) is 16.2 Å². The van der Waals surface area contributed by atoms with E-state index in [1.807, 2.05) is 6.20 Å². The smallest absolute Gasteiger partial charge is 0.147 e. The van der Waals surface area contributed by atoms with Gasteiger partial charge in [0.1, 0.15) is 11.5 Å². The summed E-state index contributed by atoms with van der Waals surface area (Å²) >= 11 is 0. The van der Waals surface area contributed by atoms with Crippen LogP contribution >= 0.6 is 0 Å². The Labute approximate surface area is 256 Å². The minimum Gasteiger partial charge on any atom is -0.345 e. The summed E-state index contributed by atoms with van der Waals surface area (Å²) in [5.74, 6) is 1.03. The maximum absolute atomic E-state index is 5.40. The first-order valence-electron chi connectivity index (χ1n) is 15.3. The zero-order valence-electron chi connectivity index (χ0n) is 27.3. The average Bonchev–Trinajstić information content (AvgIpc) is 3.51. The minimum absolute atomic E-state index is 0.0312. The molecule has 4 nitrogen and oxygen atoms in total. The van der Waals surface area contributed by atoms with Crippen molar-refractivity contribution in [1.29, 1.82) is 0 Å². The number of aromatic nitrogens is 4. The molecule has 0 saturated carbocycles. The highest BCUT2D eigenvalue weighted by Crippen LogP contribution is 2.38. The predicted molar refractivity (Wildman–Crippen MR) is 182 cm³/mol. The third-order valence-electron chi connectivity index (χ3n) is 8.55. The van der Waals surface area contributed by atoms with Crippen molar-refractivity contribution in [3.8, 4) is 28.3 Å². The second-order valence-electron chi connectivity index (χ2n) is 15.1. The molecule has 2 aromatic carbocycles. The summed E-state index contributed by atoms with van der Waals surface area (Å²) in [5.41, 5.74) is 11.3. The highest BCUT2D eigenvalue weighted by molar-refractivity contribution is 6.08. The van der Waals surface area contributed by atoms with Crippen LogP contribution in [0.4, 0.5) is 0 Å². The Kier molecular flexibility index (Phi) is 6.68. The minimum atomic E-state index is -0.0312. The molecule has 4 heteroatoms. The van der Waals surface area contributed by atoms with Crippen LogP contribution in [-0.4, -0.2) is 19.5 Å². The Bertz CT molecular complexity index is 1980. The van der Waals surface area contributed by atoms with E-state index in [4.69, 9.17) is 9.97 Å². The number of benzene rings is 2. The highest BCUT2D eigenvalue weighted by Gasteiger charge is 2.22. The van der Waals surface area contributed by atoms with Crippen LogP contribution in [0.15, 0.2) is 79.0 Å². The van der Waals surface area contributed by atoms with Gasteiger partial charge in [0, 0.05) is 33.8 Å². The quantitative estimate of drug-likeness (QED) is 0.231. The lowest BCUT2D eigenvalue weighted by Gasteiger charge is -2.22. The Morgan fingerprint density at radius 2 is 1.23 bits per heavy atom. The van der Waals surface area contributed by atoms with E-state index in [0.717, 1.165) is 50.6 Å². The third-order valence-corrected chi connectivity index (χ3v) is 8.55. The number of rotatable bonds is 3. The fourth-order valence-corrected chi connectivity index (χ4v) is 5.79. The standard InChI is InChI=1S/C39H44N4/c1-24-11-16-35(41-24)43-34-15-12-27(37(2,3)4)22-31(34)30-13-14-32(42-36(30)43)25-19-26(21-29(20-25)39(8,9)10)33-23-28(17-18-40-33)38(5,6)7/h11-23,41H,1-10H3. The first-order valence-corrected chi connectivity index (χ1v) is 15.3. The highest BCUT2D eigenvalue weighted by atomic mass is 15.1. The number of aromatic amines is 1. The van der Waals surface area contributed by atoms with Crippen LogP contribution in [0.2, 0.25) is 0 Å². The lowest BCUT2D eigenvalue weighted by atomic mass is 9.83. The van der Waals surface area contributed by atoms with Crippen LogP contribution in [0.5, 0.6) is 0 Å². The topological polar surface area (TPSA) is 46.5 Å². The molecule has 0 spiro atoms. The SMILES string of the molecule is Cc1ccc(-n2c3ccc(C(C)(C)C)cc3c3ccc(-c4cc(-c5cc(C(C)(C)C)ccn5)cc(C(C)(C)C)c4)nc32)[nH]1. The lowest BCUT2D eigenvalue weighted by molar-refractivity contribution is 0.588. The van der Waals surface area contributed by atoms with E-state index in [1.165, 1.54) is 22.1 Å². The molecule has 220 valence electrons. The van der Waals surface area contributed by atoms with Crippen molar-refractivity contribution in [3.63, 3.8) is 0 Å². The molecule has 4 aromatic heterocycles. The number of hydrogen-bond donors (Lipinski definition) is 1. The van der Waals surface area contributed by atoms with Crippen LogP contribution in [0, 0.1) is 6.92 Å². The van der Waals surface area contributed by atoms with E-state index in [0.29, 0.717) is 0 Å². The van der Waals surface area contributed by atoms with Crippen molar-refractivity contribution in [3.05, 3.63) is 101 Å². The second-order valence-corrected chi connectivity index (χ2v) is 15.1.